The lowest BCUT2D eigenvalue weighted by Crippen LogP contribution is -2.29. The van der Waals surface area contributed by atoms with E-state index in [2.05, 4.69) is 5.32 Å². The minimum atomic E-state index is -3.84. The normalized spacial score (nSPS) is 11.6. The molecular formula is C12H19ClN2O4S. The monoisotopic (exact) mass is 322 g/mol. The van der Waals surface area contributed by atoms with E-state index in [-0.39, 0.29) is 16.5 Å². The van der Waals surface area contributed by atoms with Crippen molar-refractivity contribution in [3.8, 4) is 0 Å². The predicted octanol–water partition coefficient (Wildman–Crippen LogP) is 1.59. The molecule has 6 nitrogen and oxygen atoms in total. The third-order valence-electron chi connectivity index (χ3n) is 2.59. The summed E-state index contributed by atoms with van der Waals surface area (Å²) in [5.41, 5.74) is 0.280. The molecule has 1 N–H and O–H groups in total. The van der Waals surface area contributed by atoms with Gasteiger partial charge in [-0.25, -0.2) is 8.42 Å². The molecule has 0 aliphatic rings. The first-order chi connectivity index (χ1) is 9.40. The van der Waals surface area contributed by atoms with Crippen molar-refractivity contribution < 1.29 is 17.9 Å². The second kappa shape index (κ2) is 7.66. The van der Waals surface area contributed by atoms with Crippen molar-refractivity contribution in [3.05, 3.63) is 18.0 Å². The van der Waals surface area contributed by atoms with Crippen molar-refractivity contribution >= 4 is 25.6 Å². The van der Waals surface area contributed by atoms with E-state index in [4.69, 9.17) is 15.4 Å². The fraction of sp³-hybridized carbons (Fsp3) is 0.583. The predicted molar refractivity (Wildman–Crippen MR) is 76.6 cm³/mol. The molecule has 114 valence electrons. The number of aromatic nitrogens is 1. The fourth-order valence-corrected chi connectivity index (χ4v) is 2.46. The zero-order chi connectivity index (χ0) is 15.2. The van der Waals surface area contributed by atoms with Gasteiger partial charge in [-0.05, 0) is 19.4 Å². The Labute approximate surface area is 123 Å². The van der Waals surface area contributed by atoms with Gasteiger partial charge in [-0.15, -0.1) is 0 Å². The van der Waals surface area contributed by atoms with E-state index in [0.29, 0.717) is 26.3 Å². The van der Waals surface area contributed by atoms with E-state index in [1.54, 1.807) is 4.57 Å². The molecule has 0 saturated heterocycles. The van der Waals surface area contributed by atoms with Gasteiger partial charge in [0.15, 0.2) is 0 Å². The highest BCUT2D eigenvalue weighted by atomic mass is 35.7. The summed E-state index contributed by atoms with van der Waals surface area (Å²) < 4.78 is 29.4. The maximum Gasteiger partial charge on any atom is 0.268 e. The molecule has 0 aliphatic heterocycles. The maximum absolute atomic E-state index is 12.0. The molecule has 1 rings (SSSR count). The summed E-state index contributed by atoms with van der Waals surface area (Å²) in [5, 5.41) is 2.67. The molecular weight excluding hydrogens is 304 g/mol. The van der Waals surface area contributed by atoms with Gasteiger partial charge in [0.2, 0.25) is 0 Å². The summed E-state index contributed by atoms with van der Waals surface area (Å²) in [4.78, 5) is 12.0. The van der Waals surface area contributed by atoms with Gasteiger partial charge in [0.25, 0.3) is 15.0 Å². The standard InChI is InChI=1S/C12H19ClN2O4S/c1-3-6-15-9-10(20(13,17)18)8-11(15)12(16)14-5-7-19-4-2/h8-9H,3-7H2,1-2H3,(H,14,16). The number of hydrogen-bond acceptors (Lipinski definition) is 4. The molecule has 0 fully saturated rings. The van der Waals surface area contributed by atoms with Crippen LogP contribution < -0.4 is 5.32 Å². The summed E-state index contributed by atoms with van der Waals surface area (Å²) in [7, 11) is 1.46. The van der Waals surface area contributed by atoms with Crippen LogP contribution in [0.4, 0.5) is 0 Å². The number of amides is 1. The van der Waals surface area contributed by atoms with E-state index in [1.807, 2.05) is 13.8 Å². The first-order valence-corrected chi connectivity index (χ1v) is 8.71. The summed E-state index contributed by atoms with van der Waals surface area (Å²) in [5.74, 6) is -0.343. The minimum absolute atomic E-state index is 0.0671. The van der Waals surface area contributed by atoms with Gasteiger partial charge in [-0.2, -0.15) is 0 Å². The SMILES string of the molecule is CCCn1cc(S(=O)(=O)Cl)cc1C(=O)NCCOCC. The van der Waals surface area contributed by atoms with Gasteiger partial charge >= 0.3 is 0 Å². The minimum Gasteiger partial charge on any atom is -0.380 e. The first-order valence-electron chi connectivity index (χ1n) is 6.41. The van der Waals surface area contributed by atoms with Crippen molar-refractivity contribution in [1.29, 1.82) is 0 Å². The lowest BCUT2D eigenvalue weighted by molar-refractivity contribution is 0.0913. The van der Waals surface area contributed by atoms with Crippen molar-refractivity contribution in [3.63, 3.8) is 0 Å². The van der Waals surface area contributed by atoms with Crippen LogP contribution in [-0.2, 0) is 20.3 Å². The molecule has 0 spiro atoms. The average molecular weight is 323 g/mol. The summed E-state index contributed by atoms with van der Waals surface area (Å²) in [6.45, 7) is 5.71. The van der Waals surface area contributed by atoms with Crippen LogP contribution in [0.3, 0.4) is 0 Å². The molecule has 1 aromatic heterocycles. The maximum atomic E-state index is 12.0. The Morgan fingerprint density at radius 3 is 2.70 bits per heavy atom. The molecule has 1 aromatic rings. The third-order valence-corrected chi connectivity index (χ3v) is 3.91. The summed E-state index contributed by atoms with van der Waals surface area (Å²) in [6.07, 6.45) is 2.15. The van der Waals surface area contributed by atoms with Crippen molar-refractivity contribution in [2.45, 2.75) is 31.7 Å². The average Bonchev–Trinajstić information content (AvgIpc) is 2.79. The van der Waals surface area contributed by atoms with Crippen molar-refractivity contribution in [2.24, 2.45) is 0 Å². The smallest absolute Gasteiger partial charge is 0.268 e. The molecule has 1 amide bonds. The van der Waals surface area contributed by atoms with Gasteiger partial charge in [-0.3, -0.25) is 4.79 Å². The molecule has 0 atom stereocenters. The summed E-state index contributed by atoms with van der Waals surface area (Å²) >= 11 is 0. The van der Waals surface area contributed by atoms with Crippen LogP contribution in [0.25, 0.3) is 0 Å². The van der Waals surface area contributed by atoms with Crippen molar-refractivity contribution in [2.75, 3.05) is 19.8 Å². The van der Waals surface area contributed by atoms with Gasteiger partial charge in [0, 0.05) is 36.6 Å². The second-order valence-electron chi connectivity index (χ2n) is 4.15. The molecule has 0 bridgehead atoms. The molecule has 8 heteroatoms. The van der Waals surface area contributed by atoms with Crippen LogP contribution in [-0.4, -0.2) is 38.7 Å². The van der Waals surface area contributed by atoms with Gasteiger partial charge in [0.05, 0.1) is 6.61 Å². The zero-order valence-electron chi connectivity index (χ0n) is 11.6. The van der Waals surface area contributed by atoms with Crippen LogP contribution >= 0.6 is 10.7 Å². The number of aryl methyl sites for hydroxylation is 1. The van der Waals surface area contributed by atoms with Crippen molar-refractivity contribution in [1.82, 2.24) is 9.88 Å². The zero-order valence-corrected chi connectivity index (χ0v) is 13.1. The van der Waals surface area contributed by atoms with E-state index in [0.717, 1.165) is 6.42 Å². The second-order valence-corrected chi connectivity index (χ2v) is 6.71. The van der Waals surface area contributed by atoms with Crippen LogP contribution in [0.15, 0.2) is 17.2 Å². The quantitative estimate of drug-likeness (QED) is 0.582. The number of carbonyl (C=O) groups is 1. The largest absolute Gasteiger partial charge is 0.380 e. The number of rotatable bonds is 8. The highest BCUT2D eigenvalue weighted by molar-refractivity contribution is 8.13. The van der Waals surface area contributed by atoms with Crippen LogP contribution in [0.2, 0.25) is 0 Å². The molecule has 0 saturated carbocycles. The highest BCUT2D eigenvalue weighted by Gasteiger charge is 2.19. The number of ether oxygens (including phenoxy) is 1. The van der Waals surface area contributed by atoms with Crippen LogP contribution in [0.1, 0.15) is 30.8 Å². The molecule has 1 heterocycles. The first kappa shape index (κ1) is 17.0. The Kier molecular flexibility index (Phi) is 6.51. The Balaban J connectivity index is 2.86. The third kappa shape index (κ3) is 4.81. The van der Waals surface area contributed by atoms with Gasteiger partial charge in [0.1, 0.15) is 10.6 Å². The molecule has 0 aliphatic carbocycles. The molecule has 0 radical (unpaired) electrons. The number of nitrogens with one attached hydrogen (secondary N) is 1. The molecule has 0 unspecified atom stereocenters. The topological polar surface area (TPSA) is 77.4 Å². The van der Waals surface area contributed by atoms with Gasteiger partial charge in [-0.1, -0.05) is 6.92 Å². The number of hydrogen-bond donors (Lipinski definition) is 1. The van der Waals surface area contributed by atoms with E-state index in [9.17, 15) is 13.2 Å². The Bertz CT molecular complexity index is 554. The molecule has 0 aromatic carbocycles. The Morgan fingerprint density at radius 2 is 2.15 bits per heavy atom. The van der Waals surface area contributed by atoms with E-state index in [1.165, 1.54) is 12.3 Å². The summed E-state index contributed by atoms with van der Waals surface area (Å²) in [6, 6.07) is 1.29. The number of carbonyl (C=O) groups excluding carboxylic acids is 1. The van der Waals surface area contributed by atoms with E-state index < -0.39 is 9.05 Å². The lowest BCUT2D eigenvalue weighted by atomic mass is 10.3. The fourth-order valence-electron chi connectivity index (χ4n) is 1.70. The number of nitrogens with zero attached hydrogens (tertiary/aromatic N) is 1. The molecule has 20 heavy (non-hydrogen) atoms. The Morgan fingerprint density at radius 1 is 1.45 bits per heavy atom. The van der Waals surface area contributed by atoms with Gasteiger partial charge < -0.3 is 14.6 Å². The van der Waals surface area contributed by atoms with E-state index >= 15 is 0 Å². The van der Waals surface area contributed by atoms with Crippen LogP contribution in [0.5, 0.6) is 0 Å². The van der Waals surface area contributed by atoms with Crippen LogP contribution in [0, 0.1) is 0 Å². The number of halogens is 1. The lowest BCUT2D eigenvalue weighted by Gasteiger charge is -2.08. The Hall–Kier alpha value is -1.05. The highest BCUT2D eigenvalue weighted by Crippen LogP contribution is 2.19.